The van der Waals surface area contributed by atoms with Crippen molar-refractivity contribution in [3.8, 4) is 0 Å². The highest BCUT2D eigenvalue weighted by atomic mass is 19.4. The predicted molar refractivity (Wildman–Crippen MR) is 101 cm³/mol. The van der Waals surface area contributed by atoms with Gasteiger partial charge in [-0.1, -0.05) is 24.3 Å². The Balaban J connectivity index is 1.65. The van der Waals surface area contributed by atoms with Crippen LogP contribution in [0.15, 0.2) is 30.3 Å². The molecule has 0 unspecified atom stereocenters. The summed E-state index contributed by atoms with van der Waals surface area (Å²) in [5.41, 5.74) is 4.05. The van der Waals surface area contributed by atoms with Gasteiger partial charge in [0.05, 0.1) is 23.3 Å². The van der Waals surface area contributed by atoms with E-state index in [1.54, 1.807) is 42.1 Å². The Labute approximate surface area is 165 Å². The maximum atomic E-state index is 12.7. The molecule has 0 aliphatic rings. The quantitative estimate of drug-likeness (QED) is 0.679. The van der Waals surface area contributed by atoms with E-state index >= 15 is 0 Å². The van der Waals surface area contributed by atoms with Crippen LogP contribution < -0.4 is 5.32 Å². The smallest absolute Gasteiger partial charge is 0.367 e. The highest BCUT2D eigenvalue weighted by Crippen LogP contribution is 2.21. The molecule has 0 atom stereocenters. The van der Waals surface area contributed by atoms with Gasteiger partial charge < -0.3 is 10.1 Å². The Morgan fingerprint density at radius 3 is 2.48 bits per heavy atom. The highest BCUT2D eigenvalue weighted by Gasteiger charge is 2.27. The zero-order chi connectivity index (χ0) is 21.2. The first kappa shape index (κ1) is 20.8. The largest absolute Gasteiger partial charge is 0.411 e. The summed E-state index contributed by atoms with van der Waals surface area (Å²) in [5, 5.41) is 7.92. The van der Waals surface area contributed by atoms with Gasteiger partial charge in [-0.3, -0.25) is 9.48 Å². The molecule has 6 nitrogen and oxygen atoms in total. The SMILES string of the molecule is Cc1cc(C(=O)NCc2ccc(COCC(F)(F)F)cc2)c2c(C)nn(C)c2n1. The average molecular weight is 406 g/mol. The van der Waals surface area contributed by atoms with Gasteiger partial charge in [0.1, 0.15) is 6.61 Å². The predicted octanol–water partition coefficient (Wildman–Crippen LogP) is 3.59. The summed E-state index contributed by atoms with van der Waals surface area (Å²) in [4.78, 5) is 17.2. The van der Waals surface area contributed by atoms with Crippen LogP contribution in [0.4, 0.5) is 13.2 Å². The first-order valence-corrected chi connectivity index (χ1v) is 8.95. The number of nitrogens with one attached hydrogen (secondary N) is 1. The van der Waals surface area contributed by atoms with Gasteiger partial charge >= 0.3 is 6.18 Å². The standard InChI is InChI=1S/C20H21F3N4O2/c1-12-8-16(17-13(2)26-27(3)18(17)25-12)19(28)24-9-14-4-6-15(7-5-14)10-29-11-20(21,22)23/h4-8H,9-11H2,1-3H3,(H,24,28). The number of nitrogens with zero attached hydrogens (tertiary/aromatic N) is 3. The second kappa shape index (κ2) is 8.20. The van der Waals surface area contributed by atoms with Crippen molar-refractivity contribution in [2.45, 2.75) is 33.2 Å². The maximum absolute atomic E-state index is 12.7. The number of rotatable bonds is 6. The molecule has 2 aromatic heterocycles. The van der Waals surface area contributed by atoms with Crippen LogP contribution in [0.1, 0.15) is 32.9 Å². The number of fused-ring (bicyclic) bond motifs is 1. The lowest BCUT2D eigenvalue weighted by Gasteiger charge is -2.10. The van der Waals surface area contributed by atoms with Crippen LogP contribution >= 0.6 is 0 Å². The number of amides is 1. The number of aryl methyl sites for hydroxylation is 3. The van der Waals surface area contributed by atoms with E-state index < -0.39 is 12.8 Å². The molecule has 0 saturated heterocycles. The van der Waals surface area contributed by atoms with E-state index in [0.29, 0.717) is 27.9 Å². The minimum atomic E-state index is -4.34. The van der Waals surface area contributed by atoms with Crippen molar-refractivity contribution in [3.05, 3.63) is 58.4 Å². The summed E-state index contributed by atoms with van der Waals surface area (Å²) in [7, 11) is 1.78. The summed E-state index contributed by atoms with van der Waals surface area (Å²) in [6.07, 6.45) is -4.34. The molecule has 3 aromatic rings. The molecular formula is C20H21F3N4O2. The van der Waals surface area contributed by atoms with Crippen molar-refractivity contribution in [1.82, 2.24) is 20.1 Å². The van der Waals surface area contributed by atoms with Crippen molar-refractivity contribution in [1.29, 1.82) is 0 Å². The number of hydrogen-bond acceptors (Lipinski definition) is 4. The second-order valence-corrected chi connectivity index (χ2v) is 6.83. The lowest BCUT2D eigenvalue weighted by Crippen LogP contribution is -2.23. The van der Waals surface area contributed by atoms with Gasteiger partial charge in [0.2, 0.25) is 0 Å². The summed E-state index contributed by atoms with van der Waals surface area (Å²) in [5.74, 6) is -0.241. The topological polar surface area (TPSA) is 69.0 Å². The van der Waals surface area contributed by atoms with E-state index in [4.69, 9.17) is 0 Å². The highest BCUT2D eigenvalue weighted by molar-refractivity contribution is 6.06. The van der Waals surface area contributed by atoms with Crippen LogP contribution in [0.2, 0.25) is 0 Å². The molecule has 0 saturated carbocycles. The fraction of sp³-hybridized carbons (Fsp3) is 0.350. The van der Waals surface area contributed by atoms with Gasteiger partial charge in [0.25, 0.3) is 5.91 Å². The minimum absolute atomic E-state index is 0.124. The molecule has 154 valence electrons. The third-order valence-electron chi connectivity index (χ3n) is 4.35. The van der Waals surface area contributed by atoms with Gasteiger partial charge in [0.15, 0.2) is 5.65 Å². The monoisotopic (exact) mass is 406 g/mol. The molecule has 9 heteroatoms. The van der Waals surface area contributed by atoms with Gasteiger partial charge in [0, 0.05) is 19.3 Å². The number of ether oxygens (including phenoxy) is 1. The normalized spacial score (nSPS) is 11.8. The summed E-state index contributed by atoms with van der Waals surface area (Å²) in [6, 6.07) is 8.58. The fourth-order valence-corrected chi connectivity index (χ4v) is 3.06. The van der Waals surface area contributed by atoms with Crippen LogP contribution in [-0.4, -0.2) is 33.5 Å². The Kier molecular flexibility index (Phi) is 5.88. The molecule has 2 heterocycles. The van der Waals surface area contributed by atoms with E-state index in [2.05, 4.69) is 20.1 Å². The summed E-state index contributed by atoms with van der Waals surface area (Å²) < 4.78 is 42.6. The molecule has 0 aliphatic heterocycles. The van der Waals surface area contributed by atoms with Gasteiger partial charge in [-0.05, 0) is 31.0 Å². The summed E-state index contributed by atoms with van der Waals surface area (Å²) in [6.45, 7) is 2.53. The second-order valence-electron chi connectivity index (χ2n) is 6.83. The molecule has 0 aliphatic carbocycles. The molecule has 1 aromatic carbocycles. The molecule has 0 spiro atoms. The number of alkyl halides is 3. The Morgan fingerprint density at radius 1 is 1.17 bits per heavy atom. The third kappa shape index (κ3) is 5.11. The van der Waals surface area contributed by atoms with Crippen molar-refractivity contribution < 1.29 is 22.7 Å². The molecular weight excluding hydrogens is 385 g/mol. The first-order valence-electron chi connectivity index (χ1n) is 8.95. The molecule has 0 radical (unpaired) electrons. The third-order valence-corrected chi connectivity index (χ3v) is 4.35. The maximum Gasteiger partial charge on any atom is 0.411 e. The molecule has 29 heavy (non-hydrogen) atoms. The number of halogens is 3. The molecule has 0 fully saturated rings. The number of carbonyl (C=O) groups is 1. The van der Waals surface area contributed by atoms with Crippen LogP contribution in [-0.2, 0) is 24.9 Å². The van der Waals surface area contributed by atoms with E-state index in [1.807, 2.05) is 13.8 Å². The van der Waals surface area contributed by atoms with E-state index in [-0.39, 0.29) is 19.1 Å². The number of hydrogen-bond donors (Lipinski definition) is 1. The van der Waals surface area contributed by atoms with Crippen molar-refractivity contribution in [3.63, 3.8) is 0 Å². The lowest BCUT2D eigenvalue weighted by molar-refractivity contribution is -0.176. The minimum Gasteiger partial charge on any atom is -0.367 e. The Bertz CT molecular complexity index is 1030. The molecule has 0 bridgehead atoms. The summed E-state index contributed by atoms with van der Waals surface area (Å²) >= 11 is 0. The first-order chi connectivity index (χ1) is 13.6. The molecule has 1 N–H and O–H groups in total. The van der Waals surface area contributed by atoms with E-state index in [9.17, 15) is 18.0 Å². The Morgan fingerprint density at radius 2 is 1.83 bits per heavy atom. The Hall–Kier alpha value is -2.94. The number of aromatic nitrogens is 3. The van der Waals surface area contributed by atoms with Gasteiger partial charge in [-0.25, -0.2) is 4.98 Å². The van der Waals surface area contributed by atoms with E-state index in [0.717, 1.165) is 11.3 Å². The lowest BCUT2D eigenvalue weighted by atomic mass is 10.1. The zero-order valence-electron chi connectivity index (χ0n) is 16.3. The van der Waals surface area contributed by atoms with Gasteiger partial charge in [-0.2, -0.15) is 18.3 Å². The number of carbonyl (C=O) groups excluding carboxylic acids is 1. The van der Waals surface area contributed by atoms with Crippen LogP contribution in [0, 0.1) is 13.8 Å². The van der Waals surface area contributed by atoms with Crippen LogP contribution in [0.5, 0.6) is 0 Å². The molecule has 3 rings (SSSR count). The average Bonchev–Trinajstić information content (AvgIpc) is 2.93. The van der Waals surface area contributed by atoms with Crippen molar-refractivity contribution in [2.24, 2.45) is 7.05 Å². The fourth-order valence-electron chi connectivity index (χ4n) is 3.06. The van der Waals surface area contributed by atoms with Crippen molar-refractivity contribution in [2.75, 3.05) is 6.61 Å². The van der Waals surface area contributed by atoms with Crippen molar-refractivity contribution >= 4 is 16.9 Å². The zero-order valence-corrected chi connectivity index (χ0v) is 16.3. The molecule has 1 amide bonds. The van der Waals surface area contributed by atoms with Gasteiger partial charge in [-0.15, -0.1) is 0 Å². The number of benzene rings is 1. The number of pyridine rings is 1. The van der Waals surface area contributed by atoms with Crippen LogP contribution in [0.3, 0.4) is 0 Å². The van der Waals surface area contributed by atoms with E-state index in [1.165, 1.54) is 0 Å². The van der Waals surface area contributed by atoms with Crippen LogP contribution in [0.25, 0.3) is 11.0 Å².